The van der Waals surface area contributed by atoms with Gasteiger partial charge < -0.3 is 42.4 Å². The van der Waals surface area contributed by atoms with Crippen molar-refractivity contribution in [1.29, 1.82) is 0 Å². The minimum atomic E-state index is 0. The van der Waals surface area contributed by atoms with Gasteiger partial charge in [0.1, 0.15) is 41.3 Å². The number of nitrogens with two attached hydrogens (primary N) is 2. The van der Waals surface area contributed by atoms with Crippen LogP contribution >= 0.6 is 11.6 Å². The molecule has 11 nitrogen and oxygen atoms in total. The highest BCUT2D eigenvalue weighted by atomic mass is 35.5. The smallest absolute Gasteiger partial charge is 0.232 e. The highest BCUT2D eigenvalue weighted by molar-refractivity contribution is 6.17. The summed E-state index contributed by atoms with van der Waals surface area (Å²) >= 11 is 5.99. The maximum atomic E-state index is 5.99. The second-order valence-electron chi connectivity index (χ2n) is 13.9. The van der Waals surface area contributed by atoms with Crippen molar-refractivity contribution in [3.05, 3.63) is 193 Å². The number of para-hydroxylation sites is 4. The molecule has 0 aliphatic heterocycles. The number of nitrogens with one attached hydrogen (secondary N) is 1. The zero-order valence-electron chi connectivity index (χ0n) is 36.1. The number of hydrogen-bond acceptors (Lipinski definition) is 10. The molecule has 0 saturated carbocycles. The predicted octanol–water partition coefficient (Wildman–Crippen LogP) is 7.31. The summed E-state index contributed by atoms with van der Waals surface area (Å²) in [5.74, 6) is 4.42. The quantitative estimate of drug-likeness (QED) is 0.0752. The van der Waals surface area contributed by atoms with Crippen LogP contribution in [0.15, 0.2) is 170 Å². The fraction of sp³-hybridized carbons (Fsp3) is 0.137. The average Bonchev–Trinajstić information content (AvgIpc) is 3.34. The van der Waals surface area contributed by atoms with Crippen LogP contribution in [-0.2, 0) is 18.8 Å². The van der Waals surface area contributed by atoms with Crippen molar-refractivity contribution in [1.82, 2.24) is 19.9 Å². The summed E-state index contributed by atoms with van der Waals surface area (Å²) in [7, 11) is 6.66. The molecule has 8 aromatic rings. The number of methoxy groups -OCH3 is 4. The van der Waals surface area contributed by atoms with E-state index >= 15 is 0 Å². The molecule has 0 aliphatic rings. The van der Waals surface area contributed by atoms with E-state index in [1.165, 1.54) is 0 Å². The van der Waals surface area contributed by atoms with Gasteiger partial charge in [0.15, 0.2) is 0 Å². The number of alkyl halides is 1. The van der Waals surface area contributed by atoms with Crippen LogP contribution in [0.4, 0.5) is 22.9 Å². The second kappa shape index (κ2) is 25.1. The summed E-state index contributed by atoms with van der Waals surface area (Å²) in [6.07, 6.45) is 3.87. The Morgan fingerprint density at radius 3 is 1.70 bits per heavy atom. The van der Waals surface area contributed by atoms with Crippen LogP contribution in [0, 0.1) is 0 Å². The van der Waals surface area contributed by atoms with Crippen molar-refractivity contribution < 1.29 is 38.1 Å². The van der Waals surface area contributed by atoms with Crippen LogP contribution in [0.1, 0.15) is 23.8 Å². The first-order chi connectivity index (χ1) is 30.9. The molecule has 0 radical (unpaired) electrons. The first kappa shape index (κ1) is 47.9. The largest absolute Gasteiger partial charge is 1.00 e. The second-order valence-corrected chi connectivity index (χ2v) is 14.2. The molecule has 0 spiro atoms. The third kappa shape index (κ3) is 13.7. The van der Waals surface area contributed by atoms with E-state index in [2.05, 4.69) is 49.5 Å². The number of nitrogen functional groups attached to an aromatic ring is 1. The summed E-state index contributed by atoms with van der Waals surface area (Å²) in [6, 6.07) is 51.4. The molecule has 0 atom stereocenters. The van der Waals surface area contributed by atoms with Crippen LogP contribution in [0.3, 0.4) is 0 Å². The van der Waals surface area contributed by atoms with Crippen molar-refractivity contribution in [2.45, 2.75) is 18.8 Å². The molecule has 6 aromatic carbocycles. The topological polar surface area (TPSA) is 143 Å². The lowest BCUT2D eigenvalue weighted by Gasteiger charge is -2.13. The molecule has 8 rings (SSSR count). The van der Waals surface area contributed by atoms with Gasteiger partial charge in [-0.25, -0.2) is 15.0 Å². The summed E-state index contributed by atoms with van der Waals surface area (Å²) in [4.78, 5) is 17.6. The van der Waals surface area contributed by atoms with Crippen molar-refractivity contribution in [3.8, 4) is 45.5 Å². The van der Waals surface area contributed by atoms with E-state index < -0.39 is 0 Å². The predicted molar refractivity (Wildman–Crippen MR) is 254 cm³/mol. The number of nitrogens with zero attached hydrogens (tertiary/aromatic N) is 4. The Balaban J connectivity index is 0.000000244. The molecule has 2 aromatic heterocycles. The first-order valence-electron chi connectivity index (χ1n) is 20.1. The lowest BCUT2D eigenvalue weighted by molar-refractivity contribution is -0.483. The molecule has 330 valence electrons. The number of rotatable bonds is 14. The van der Waals surface area contributed by atoms with Gasteiger partial charge >= 0.3 is 0 Å². The number of anilines is 2. The maximum Gasteiger partial charge on any atom is 0.232 e. The molecular formula is C51H53Cl2N7O4. The van der Waals surface area contributed by atoms with Crippen LogP contribution in [-0.4, -0.2) is 48.4 Å². The zero-order valence-corrected chi connectivity index (χ0v) is 37.6. The Labute approximate surface area is 387 Å². The van der Waals surface area contributed by atoms with Crippen molar-refractivity contribution in [3.63, 3.8) is 0 Å². The van der Waals surface area contributed by atoms with E-state index in [1.54, 1.807) is 41.1 Å². The zero-order chi connectivity index (χ0) is 44.2. The van der Waals surface area contributed by atoms with Gasteiger partial charge in [0.25, 0.3) is 0 Å². The molecule has 64 heavy (non-hydrogen) atoms. The lowest BCUT2D eigenvalue weighted by Crippen LogP contribution is -3.00. The SMILES string of the molecule is COc1ccc(Cc2cc(-c3ccccc3OC)ncn2)cc1CNc1ccccc1.COc1ccc([NH2+]c2cc(-c3ccccc3OC)ncn2)cc1CCl.Nc1ccccc1.[Cl-].[HH]. The Morgan fingerprint density at radius 1 is 0.562 bits per heavy atom. The number of ether oxygens (including phenoxy) is 4. The third-order valence-electron chi connectivity index (χ3n) is 9.73. The monoisotopic (exact) mass is 897 g/mol. The van der Waals surface area contributed by atoms with E-state index in [9.17, 15) is 0 Å². The van der Waals surface area contributed by atoms with Crippen LogP contribution in [0.5, 0.6) is 23.0 Å². The number of halogens is 2. The normalized spacial score (nSPS) is 10.1. The molecule has 0 bridgehead atoms. The number of aromatic nitrogens is 4. The Kier molecular flexibility index (Phi) is 18.7. The van der Waals surface area contributed by atoms with E-state index in [0.29, 0.717) is 18.8 Å². The Hall–Kier alpha value is -7.18. The molecule has 13 heteroatoms. The number of benzene rings is 6. The van der Waals surface area contributed by atoms with Crippen molar-refractivity contribution >= 4 is 34.5 Å². The van der Waals surface area contributed by atoms with E-state index in [0.717, 1.165) is 90.8 Å². The summed E-state index contributed by atoms with van der Waals surface area (Å²) < 4.78 is 21.8. The van der Waals surface area contributed by atoms with Gasteiger partial charge in [0.2, 0.25) is 5.82 Å². The van der Waals surface area contributed by atoms with Gasteiger partial charge in [-0.1, -0.05) is 66.7 Å². The van der Waals surface area contributed by atoms with Gasteiger partial charge in [0.05, 0.1) is 45.7 Å². The fourth-order valence-corrected chi connectivity index (χ4v) is 6.82. The number of hydrogen-bond donors (Lipinski definition) is 3. The number of quaternary nitrogens is 1. The molecule has 0 amide bonds. The highest BCUT2D eigenvalue weighted by Gasteiger charge is 2.13. The standard InChI is InChI=1S/C26H25N3O2.C19H18ClN3O2.C6H7N.ClH.H2/c1-30-25-13-12-19(14-20(25)17-27-21-8-4-3-5-9-21)15-22-16-24(29-18-28-22)23-10-6-7-11-26(23)31-2;1-24-17-8-7-14(9-13(17)11-20)23-19-10-16(21-12-22-19)15-5-3-4-6-18(15)25-2;7-6-4-2-1-3-5-6;;/h3-14,16,18,27H,15,17H2,1-2H3;3-10,12H,11H2,1-2H3,(H,21,22,23);1-5H,7H2;2*1H. The van der Waals surface area contributed by atoms with Crippen LogP contribution < -0.4 is 47.7 Å². The minimum absolute atomic E-state index is 0. The van der Waals surface area contributed by atoms with Crippen LogP contribution in [0.25, 0.3) is 22.5 Å². The van der Waals surface area contributed by atoms with Crippen LogP contribution in [0.2, 0.25) is 0 Å². The first-order valence-corrected chi connectivity index (χ1v) is 20.7. The highest BCUT2D eigenvalue weighted by Crippen LogP contribution is 2.30. The molecule has 5 N–H and O–H groups in total. The molecule has 0 unspecified atom stereocenters. The van der Waals surface area contributed by atoms with Crippen molar-refractivity contribution in [2.24, 2.45) is 0 Å². The van der Waals surface area contributed by atoms with E-state index in [-0.39, 0.29) is 13.8 Å². The molecule has 0 saturated heterocycles. The van der Waals surface area contributed by atoms with Gasteiger partial charge in [-0.05, 0) is 78.4 Å². The van der Waals surface area contributed by atoms with Gasteiger partial charge in [-0.3, -0.25) is 5.32 Å². The average molecular weight is 899 g/mol. The summed E-state index contributed by atoms with van der Waals surface area (Å²) in [5.41, 5.74) is 16.0. The van der Waals surface area contributed by atoms with E-state index in [1.807, 2.05) is 139 Å². The minimum Gasteiger partial charge on any atom is -1.00 e. The summed E-state index contributed by atoms with van der Waals surface area (Å²) in [6.45, 7) is 0.678. The fourth-order valence-electron chi connectivity index (χ4n) is 6.61. The van der Waals surface area contributed by atoms with Gasteiger partial charge in [0, 0.05) is 71.9 Å². The molecule has 2 heterocycles. The molecule has 0 fully saturated rings. The molecular weight excluding hydrogens is 846 g/mol. The van der Waals surface area contributed by atoms with E-state index in [4.69, 9.17) is 36.3 Å². The van der Waals surface area contributed by atoms with Gasteiger partial charge in [-0.15, -0.1) is 11.6 Å². The third-order valence-corrected chi connectivity index (χ3v) is 10.0. The summed E-state index contributed by atoms with van der Waals surface area (Å²) in [5, 5.41) is 5.43. The lowest BCUT2D eigenvalue weighted by atomic mass is 10.0. The van der Waals surface area contributed by atoms with Gasteiger partial charge in [-0.2, -0.15) is 4.98 Å². The Bertz CT molecular complexity index is 2670. The van der Waals surface area contributed by atoms with Crippen molar-refractivity contribution in [2.75, 3.05) is 39.5 Å². The molecule has 0 aliphatic carbocycles. The maximum absolute atomic E-state index is 5.99. The Morgan fingerprint density at radius 2 is 1.11 bits per heavy atom.